The van der Waals surface area contributed by atoms with Crippen molar-refractivity contribution >= 4 is 11.9 Å². The van der Waals surface area contributed by atoms with Crippen LogP contribution in [0.1, 0.15) is 271 Å². The summed E-state index contributed by atoms with van der Waals surface area (Å²) >= 11 is 0. The molecule has 350 valence electrons. The molecule has 0 saturated heterocycles. The van der Waals surface area contributed by atoms with Crippen molar-refractivity contribution in [2.24, 2.45) is 0 Å². The van der Waals surface area contributed by atoms with Gasteiger partial charge >= 0.3 is 11.9 Å². The molecule has 1 unspecified atom stereocenters. The summed E-state index contributed by atoms with van der Waals surface area (Å²) in [4.78, 5) is 24.0. The van der Waals surface area contributed by atoms with Gasteiger partial charge in [0.05, 0.1) is 6.61 Å². The SMILES string of the molecule is CC/C=C\C/C=C\C/C=C\C/C=C\CCCCCCCCCCCCCCCCCCCCCCCCCCCCCCC(=O)OC(CO)COC(=O)CCCCCCC. The van der Waals surface area contributed by atoms with E-state index in [4.69, 9.17) is 9.47 Å². The van der Waals surface area contributed by atoms with Crippen molar-refractivity contribution < 1.29 is 24.2 Å². The predicted molar refractivity (Wildman–Crippen MR) is 261 cm³/mol. The van der Waals surface area contributed by atoms with Crippen LogP contribution in [-0.4, -0.2) is 36.4 Å². The Labute approximate surface area is 373 Å². The Balaban J connectivity index is 3.30. The molecule has 0 aliphatic carbocycles. The van der Waals surface area contributed by atoms with Gasteiger partial charge in [0.1, 0.15) is 6.61 Å². The summed E-state index contributed by atoms with van der Waals surface area (Å²) in [6.45, 7) is 3.95. The van der Waals surface area contributed by atoms with Crippen LogP contribution in [0.5, 0.6) is 0 Å². The van der Waals surface area contributed by atoms with E-state index in [1.54, 1.807) is 0 Å². The van der Waals surface area contributed by atoms with Crippen molar-refractivity contribution in [1.29, 1.82) is 0 Å². The number of rotatable bonds is 48. The van der Waals surface area contributed by atoms with Crippen molar-refractivity contribution in [2.75, 3.05) is 13.2 Å². The Bertz CT molecular complexity index is 997. The number of hydrogen-bond acceptors (Lipinski definition) is 5. The van der Waals surface area contributed by atoms with Crippen molar-refractivity contribution in [2.45, 2.75) is 277 Å². The number of aliphatic hydroxyl groups excluding tert-OH is 1. The van der Waals surface area contributed by atoms with Gasteiger partial charge in [0.15, 0.2) is 6.10 Å². The van der Waals surface area contributed by atoms with Gasteiger partial charge < -0.3 is 14.6 Å². The summed E-state index contributed by atoms with van der Waals surface area (Å²) in [5, 5.41) is 9.50. The fourth-order valence-corrected chi connectivity index (χ4v) is 7.73. The second kappa shape index (κ2) is 51.2. The van der Waals surface area contributed by atoms with E-state index in [0.29, 0.717) is 12.8 Å². The standard InChI is InChI=1S/C55H100O5/c1-3-5-7-9-10-11-12-13-14-15-16-17-18-19-20-21-22-23-24-25-26-27-28-29-30-31-32-33-34-35-36-37-38-39-40-41-42-43-44-46-48-50-55(58)60-53(51-56)52-59-54(57)49-47-45-8-6-4-2/h5,7,10-11,13-14,16-17,53,56H,3-4,6,8-9,12,15,18-52H2,1-2H3/b7-5-,11-10-,14-13-,17-16-. The van der Waals surface area contributed by atoms with Crippen LogP contribution in [0.25, 0.3) is 0 Å². The fraction of sp³-hybridized carbons (Fsp3) is 0.818. The first kappa shape index (κ1) is 57.9. The van der Waals surface area contributed by atoms with E-state index in [9.17, 15) is 14.7 Å². The van der Waals surface area contributed by atoms with Gasteiger partial charge in [-0.3, -0.25) is 9.59 Å². The predicted octanol–water partition coefficient (Wildman–Crippen LogP) is 17.3. The maximum absolute atomic E-state index is 12.1. The van der Waals surface area contributed by atoms with Gasteiger partial charge in [0, 0.05) is 12.8 Å². The molecule has 1 atom stereocenters. The molecule has 0 aliphatic heterocycles. The van der Waals surface area contributed by atoms with Crippen LogP contribution in [-0.2, 0) is 19.1 Å². The van der Waals surface area contributed by atoms with Gasteiger partial charge in [0.2, 0.25) is 0 Å². The summed E-state index contributed by atoms with van der Waals surface area (Å²) in [6.07, 6.45) is 67.3. The lowest BCUT2D eigenvalue weighted by atomic mass is 10.0. The average molecular weight is 841 g/mol. The Morgan fingerprint density at radius 2 is 0.717 bits per heavy atom. The fourth-order valence-electron chi connectivity index (χ4n) is 7.73. The van der Waals surface area contributed by atoms with Gasteiger partial charge in [-0.15, -0.1) is 0 Å². The molecule has 0 aromatic heterocycles. The van der Waals surface area contributed by atoms with Crippen LogP contribution >= 0.6 is 0 Å². The van der Waals surface area contributed by atoms with E-state index in [1.807, 2.05) is 0 Å². The van der Waals surface area contributed by atoms with Gasteiger partial charge in [-0.25, -0.2) is 0 Å². The number of carbonyl (C=O) groups is 2. The van der Waals surface area contributed by atoms with Crippen molar-refractivity contribution in [1.82, 2.24) is 0 Å². The summed E-state index contributed by atoms with van der Waals surface area (Å²) in [7, 11) is 0. The minimum absolute atomic E-state index is 0.0623. The molecule has 1 N–H and O–H groups in total. The van der Waals surface area contributed by atoms with Crippen molar-refractivity contribution in [3.63, 3.8) is 0 Å². The third-order valence-corrected chi connectivity index (χ3v) is 11.6. The van der Waals surface area contributed by atoms with Crippen molar-refractivity contribution in [3.8, 4) is 0 Å². The molecule has 0 heterocycles. The number of esters is 2. The van der Waals surface area contributed by atoms with Crippen LogP contribution in [0.15, 0.2) is 48.6 Å². The lowest BCUT2D eigenvalue weighted by Crippen LogP contribution is -2.28. The normalized spacial score (nSPS) is 12.5. The Kier molecular flexibility index (Phi) is 49.4. The molecule has 60 heavy (non-hydrogen) atoms. The molecule has 0 rings (SSSR count). The van der Waals surface area contributed by atoms with Crippen LogP contribution in [0.4, 0.5) is 0 Å². The molecule has 0 spiro atoms. The average Bonchev–Trinajstić information content (AvgIpc) is 3.25. The van der Waals surface area contributed by atoms with Crippen LogP contribution in [0.3, 0.4) is 0 Å². The van der Waals surface area contributed by atoms with E-state index in [2.05, 4.69) is 62.5 Å². The topological polar surface area (TPSA) is 72.8 Å². The molecule has 0 saturated carbocycles. The number of allylic oxidation sites excluding steroid dienone is 8. The number of ether oxygens (including phenoxy) is 2. The smallest absolute Gasteiger partial charge is 0.306 e. The quantitative estimate of drug-likeness (QED) is 0.0375. The molecular weight excluding hydrogens is 741 g/mol. The Morgan fingerprint density at radius 1 is 0.400 bits per heavy atom. The minimum Gasteiger partial charge on any atom is -0.462 e. The first-order valence-corrected chi connectivity index (χ1v) is 26.2. The third-order valence-electron chi connectivity index (χ3n) is 11.6. The lowest BCUT2D eigenvalue weighted by Gasteiger charge is -2.15. The second-order valence-corrected chi connectivity index (χ2v) is 17.6. The molecule has 0 amide bonds. The second-order valence-electron chi connectivity index (χ2n) is 17.6. The molecule has 0 aliphatic rings. The molecule has 5 nitrogen and oxygen atoms in total. The zero-order valence-electron chi connectivity index (χ0n) is 40.0. The summed E-state index contributed by atoms with van der Waals surface area (Å²) in [5.41, 5.74) is 0. The summed E-state index contributed by atoms with van der Waals surface area (Å²) in [6, 6.07) is 0. The monoisotopic (exact) mass is 841 g/mol. The third kappa shape index (κ3) is 48.5. The Morgan fingerprint density at radius 3 is 1.08 bits per heavy atom. The highest BCUT2D eigenvalue weighted by atomic mass is 16.6. The number of unbranched alkanes of at least 4 members (excludes halogenated alkanes) is 32. The van der Waals surface area contributed by atoms with Gasteiger partial charge in [0.25, 0.3) is 0 Å². The summed E-state index contributed by atoms with van der Waals surface area (Å²) in [5.74, 6) is -0.594. The highest BCUT2D eigenvalue weighted by Crippen LogP contribution is 2.17. The minimum atomic E-state index is -0.763. The van der Waals surface area contributed by atoms with Gasteiger partial charge in [-0.05, 0) is 51.4 Å². The maximum Gasteiger partial charge on any atom is 0.306 e. The lowest BCUT2D eigenvalue weighted by molar-refractivity contribution is -0.161. The van der Waals surface area contributed by atoms with E-state index in [1.165, 1.54) is 180 Å². The van der Waals surface area contributed by atoms with Gasteiger partial charge in [-0.2, -0.15) is 0 Å². The van der Waals surface area contributed by atoms with E-state index in [0.717, 1.165) is 64.2 Å². The first-order chi connectivity index (χ1) is 29.6. The molecule has 0 aromatic rings. The largest absolute Gasteiger partial charge is 0.462 e. The molecule has 0 fully saturated rings. The zero-order chi connectivity index (χ0) is 43.5. The van der Waals surface area contributed by atoms with Crippen LogP contribution < -0.4 is 0 Å². The number of aliphatic hydroxyl groups is 1. The van der Waals surface area contributed by atoms with Crippen LogP contribution in [0.2, 0.25) is 0 Å². The van der Waals surface area contributed by atoms with Crippen LogP contribution in [0, 0.1) is 0 Å². The van der Waals surface area contributed by atoms with E-state index in [-0.39, 0.29) is 25.2 Å². The molecule has 5 heteroatoms. The Hall–Kier alpha value is -2.14. The molecular formula is C55H100O5. The highest BCUT2D eigenvalue weighted by Gasteiger charge is 2.16. The molecule has 0 aromatic carbocycles. The van der Waals surface area contributed by atoms with E-state index < -0.39 is 6.10 Å². The zero-order valence-corrected chi connectivity index (χ0v) is 40.0. The number of carbonyl (C=O) groups excluding carboxylic acids is 2. The highest BCUT2D eigenvalue weighted by molar-refractivity contribution is 5.70. The summed E-state index contributed by atoms with van der Waals surface area (Å²) < 4.78 is 10.5. The van der Waals surface area contributed by atoms with Crippen molar-refractivity contribution in [3.05, 3.63) is 48.6 Å². The maximum atomic E-state index is 12.1. The van der Waals surface area contributed by atoms with E-state index >= 15 is 0 Å². The molecule has 0 bridgehead atoms. The number of hydrogen-bond donors (Lipinski definition) is 1. The first-order valence-electron chi connectivity index (χ1n) is 26.2. The molecule has 0 radical (unpaired) electrons. The van der Waals surface area contributed by atoms with Gasteiger partial charge in [-0.1, -0.05) is 255 Å².